The van der Waals surface area contributed by atoms with Crippen molar-refractivity contribution in [2.75, 3.05) is 0 Å². The smallest absolute Gasteiger partial charge is 0.344 e. The van der Waals surface area contributed by atoms with E-state index in [1.807, 2.05) is 30.3 Å². The summed E-state index contributed by atoms with van der Waals surface area (Å²) >= 11 is 0. The molecule has 270 valence electrons. The average molecular weight is 713 g/mol. The van der Waals surface area contributed by atoms with Crippen molar-refractivity contribution in [3.05, 3.63) is 94.4 Å². The maximum Gasteiger partial charge on any atom is 0.344 e. The van der Waals surface area contributed by atoms with Gasteiger partial charge in [-0.15, -0.1) is 0 Å². The first kappa shape index (κ1) is 33.3. The first-order valence-electron chi connectivity index (χ1n) is 17.1. The zero-order valence-electron chi connectivity index (χ0n) is 28.3. The summed E-state index contributed by atoms with van der Waals surface area (Å²) in [6.45, 7) is 9.19. The standard InChI is InChI=1S/C39H36O13/c1-15-13-14-22-26-23(15)36(44)49-33-25-20(29(41)24(27(26)33)16(2)45-22)11-8-12-21(25)48-39-35(52-38-31(43)30(42)28(40)17(3)46-38)34-32(18(4)47-39)50-37(51-34)19-9-6-5-7-10-19/h5-14,17-18,28,30-32,34-35,37-43H,2H2,1,3-4H3/t17?,18-,28-,30?,31?,32+,34?,35?,37?,38-,39+/m0/s1. The average Bonchev–Trinajstić information content (AvgIpc) is 3.59. The molecule has 9 rings (SSSR count). The molecule has 0 saturated carbocycles. The molecule has 4 aliphatic heterocycles. The van der Waals surface area contributed by atoms with Crippen molar-refractivity contribution in [3.8, 4) is 17.2 Å². The van der Waals surface area contributed by atoms with Crippen LogP contribution in [0.5, 0.6) is 17.2 Å². The highest BCUT2D eigenvalue weighted by molar-refractivity contribution is 6.24. The first-order chi connectivity index (χ1) is 25.0. The van der Waals surface area contributed by atoms with E-state index >= 15 is 0 Å². The molecule has 5 aromatic rings. The summed E-state index contributed by atoms with van der Waals surface area (Å²) in [5.74, 6) is 0.607. The number of phenolic OH excluding ortho intramolecular Hbond substituents is 1. The fraction of sp³-hybridized carbons (Fsp3) is 0.359. The van der Waals surface area contributed by atoms with Gasteiger partial charge >= 0.3 is 5.63 Å². The number of aromatic hydroxyl groups is 1. The quantitative estimate of drug-likeness (QED) is 0.150. The molecule has 1 aromatic heterocycles. The normalized spacial score (nSPS) is 32.7. The van der Waals surface area contributed by atoms with Crippen molar-refractivity contribution in [3.63, 3.8) is 0 Å². The molecule has 3 fully saturated rings. The molecule has 3 saturated heterocycles. The number of ether oxygens (including phenoxy) is 7. The number of rotatable bonds is 5. The molecule has 0 radical (unpaired) electrons. The molecule has 0 aliphatic carbocycles. The van der Waals surface area contributed by atoms with Gasteiger partial charge in [-0.05, 0) is 38.5 Å². The summed E-state index contributed by atoms with van der Waals surface area (Å²) in [6.07, 6.45) is -12.1. The molecule has 4 aliphatic rings. The summed E-state index contributed by atoms with van der Waals surface area (Å²) < 4.78 is 50.2. The highest BCUT2D eigenvalue weighted by Gasteiger charge is 2.56. The van der Waals surface area contributed by atoms with E-state index in [4.69, 9.17) is 37.6 Å². The van der Waals surface area contributed by atoms with E-state index in [9.17, 15) is 25.2 Å². The minimum Gasteiger partial charge on any atom is -0.507 e. The first-order valence-corrected chi connectivity index (χ1v) is 17.1. The lowest BCUT2D eigenvalue weighted by atomic mass is 9.92. The predicted molar refractivity (Wildman–Crippen MR) is 185 cm³/mol. The predicted octanol–water partition coefficient (Wildman–Crippen LogP) is 4.30. The molecule has 4 aromatic carbocycles. The van der Waals surface area contributed by atoms with Gasteiger partial charge in [-0.25, -0.2) is 4.79 Å². The fourth-order valence-electron chi connectivity index (χ4n) is 7.82. The second-order valence-corrected chi connectivity index (χ2v) is 13.7. The summed E-state index contributed by atoms with van der Waals surface area (Å²) in [4.78, 5) is 13.6. The lowest BCUT2D eigenvalue weighted by Gasteiger charge is -2.45. The number of aryl methyl sites for hydroxylation is 1. The number of hydrogen-bond donors (Lipinski definition) is 4. The van der Waals surface area contributed by atoms with Gasteiger partial charge in [0.05, 0.1) is 28.5 Å². The number of aliphatic hydroxyl groups is 3. The minimum absolute atomic E-state index is 0.146. The minimum atomic E-state index is -1.63. The summed E-state index contributed by atoms with van der Waals surface area (Å²) in [5.41, 5.74) is 1.27. The maximum absolute atomic E-state index is 13.6. The molecule has 13 heteroatoms. The third-order valence-corrected chi connectivity index (χ3v) is 10.5. The van der Waals surface area contributed by atoms with Crippen LogP contribution in [-0.2, 0) is 23.7 Å². The molecular weight excluding hydrogens is 676 g/mol. The van der Waals surface area contributed by atoms with E-state index in [0.717, 1.165) is 5.56 Å². The molecule has 4 N–H and O–H groups in total. The second kappa shape index (κ2) is 12.3. The molecule has 11 atom stereocenters. The topological polar surface area (TPSA) is 176 Å². The van der Waals surface area contributed by atoms with Gasteiger partial charge in [-0.1, -0.05) is 55.1 Å². The van der Waals surface area contributed by atoms with Crippen LogP contribution in [0.4, 0.5) is 0 Å². The van der Waals surface area contributed by atoms with E-state index in [2.05, 4.69) is 6.58 Å². The van der Waals surface area contributed by atoms with Crippen LogP contribution >= 0.6 is 0 Å². The molecule has 52 heavy (non-hydrogen) atoms. The Morgan fingerprint density at radius 3 is 2.29 bits per heavy atom. The van der Waals surface area contributed by atoms with E-state index in [0.29, 0.717) is 38.4 Å². The highest BCUT2D eigenvalue weighted by atomic mass is 16.8. The van der Waals surface area contributed by atoms with Gasteiger partial charge in [0, 0.05) is 21.7 Å². The van der Waals surface area contributed by atoms with Crippen LogP contribution in [0.3, 0.4) is 0 Å². The molecule has 5 heterocycles. The molecular formula is C39H36O13. The van der Waals surface area contributed by atoms with Crippen LogP contribution in [0.15, 0.2) is 76.5 Å². The molecule has 0 bridgehead atoms. The highest BCUT2D eigenvalue weighted by Crippen LogP contribution is 2.51. The number of benzene rings is 4. The zero-order chi connectivity index (χ0) is 36.2. The summed E-state index contributed by atoms with van der Waals surface area (Å²) in [5, 5.41) is 45.5. The second-order valence-electron chi connectivity index (χ2n) is 13.7. The van der Waals surface area contributed by atoms with Gasteiger partial charge < -0.3 is 58.0 Å². The fourth-order valence-corrected chi connectivity index (χ4v) is 7.82. The maximum atomic E-state index is 13.6. The van der Waals surface area contributed by atoms with Gasteiger partial charge in [-0.3, -0.25) is 0 Å². The Morgan fingerprint density at radius 1 is 0.750 bits per heavy atom. The lowest BCUT2D eigenvalue weighted by Crippen LogP contribution is -2.63. The molecule has 13 nitrogen and oxygen atoms in total. The van der Waals surface area contributed by atoms with Crippen LogP contribution in [0.1, 0.15) is 36.8 Å². The van der Waals surface area contributed by atoms with Gasteiger partial charge in [0.15, 0.2) is 24.3 Å². The van der Waals surface area contributed by atoms with Crippen LogP contribution < -0.4 is 15.1 Å². The zero-order valence-corrected chi connectivity index (χ0v) is 28.3. The van der Waals surface area contributed by atoms with Crippen molar-refractivity contribution in [2.24, 2.45) is 0 Å². The van der Waals surface area contributed by atoms with Crippen molar-refractivity contribution >= 4 is 38.3 Å². The SMILES string of the molecule is C=C1Oc2ccc(C)c3c(=O)oc4c5c(O[C@H]6O[C@@H](C)[C@H]7OC(c8ccccc8)OC7C6O[C@@H]6OC(C)[C@H](O)C(O)C6O)cccc5c(O)c1c4c23. The number of aliphatic hydroxyl groups excluding tert-OH is 3. The Hall–Kier alpha value is -4.57. The number of phenols is 1. The molecule has 0 spiro atoms. The number of fused-ring (bicyclic) bond motifs is 3. The van der Waals surface area contributed by atoms with Crippen LogP contribution in [-0.4, -0.2) is 81.8 Å². The van der Waals surface area contributed by atoms with Crippen molar-refractivity contribution in [1.82, 2.24) is 0 Å². The molecule has 6 unspecified atom stereocenters. The van der Waals surface area contributed by atoms with Crippen LogP contribution in [0.2, 0.25) is 0 Å². The Bertz CT molecular complexity index is 2300. The third-order valence-electron chi connectivity index (χ3n) is 10.5. The lowest BCUT2D eigenvalue weighted by molar-refractivity contribution is -0.344. The molecule has 0 amide bonds. The van der Waals surface area contributed by atoms with Crippen LogP contribution in [0.25, 0.3) is 38.3 Å². The largest absolute Gasteiger partial charge is 0.507 e. The van der Waals surface area contributed by atoms with E-state index in [-0.39, 0.29) is 28.2 Å². The number of hydrogen-bond acceptors (Lipinski definition) is 13. The van der Waals surface area contributed by atoms with Crippen molar-refractivity contribution in [1.29, 1.82) is 0 Å². The van der Waals surface area contributed by atoms with Crippen LogP contribution in [0, 0.1) is 6.92 Å². The summed E-state index contributed by atoms with van der Waals surface area (Å²) in [7, 11) is 0. The Balaban J connectivity index is 1.18. The van der Waals surface area contributed by atoms with Gasteiger partial charge in [0.25, 0.3) is 0 Å². The van der Waals surface area contributed by atoms with E-state index in [1.165, 1.54) is 0 Å². The van der Waals surface area contributed by atoms with Crippen molar-refractivity contribution < 1.29 is 58.0 Å². The third kappa shape index (κ3) is 4.96. The van der Waals surface area contributed by atoms with Gasteiger partial charge in [-0.2, -0.15) is 0 Å². The van der Waals surface area contributed by atoms with E-state index in [1.54, 1.807) is 51.1 Å². The van der Waals surface area contributed by atoms with Gasteiger partial charge in [0.2, 0.25) is 6.29 Å². The van der Waals surface area contributed by atoms with E-state index < -0.39 is 73.3 Å². The van der Waals surface area contributed by atoms with Crippen molar-refractivity contribution in [2.45, 2.75) is 88.5 Å². The monoisotopic (exact) mass is 712 g/mol. The Kier molecular flexibility index (Phi) is 7.84. The Labute approximate surface area is 296 Å². The Morgan fingerprint density at radius 2 is 1.50 bits per heavy atom. The summed E-state index contributed by atoms with van der Waals surface area (Å²) in [6, 6.07) is 17.8. The van der Waals surface area contributed by atoms with Gasteiger partial charge in [0.1, 0.15) is 53.5 Å².